The number of carbonyl (C=O) groups excluding carboxylic acids is 1. The van der Waals surface area contributed by atoms with Gasteiger partial charge in [0.15, 0.2) is 5.65 Å². The number of nitro groups is 1. The average Bonchev–Trinajstić information content (AvgIpc) is 3.05. The molecule has 128 valence electrons. The van der Waals surface area contributed by atoms with Crippen LogP contribution in [-0.4, -0.2) is 32.1 Å². The maximum Gasteiger partial charge on any atom is 0.314 e. The zero-order valence-corrected chi connectivity index (χ0v) is 13.7. The van der Waals surface area contributed by atoms with E-state index in [4.69, 9.17) is 4.74 Å². The minimum Gasteiger partial charge on any atom is -0.465 e. The first-order valence-electron chi connectivity index (χ1n) is 7.77. The second-order valence-corrected chi connectivity index (χ2v) is 5.44. The second kappa shape index (κ2) is 6.68. The number of aromatic nitrogens is 3. The van der Waals surface area contributed by atoms with E-state index in [2.05, 4.69) is 10.1 Å². The van der Waals surface area contributed by atoms with Gasteiger partial charge in [0.1, 0.15) is 0 Å². The van der Waals surface area contributed by atoms with Crippen molar-refractivity contribution in [1.82, 2.24) is 14.6 Å². The van der Waals surface area contributed by atoms with Crippen LogP contribution in [0, 0.1) is 10.1 Å². The average molecular weight is 340 g/mol. The highest BCUT2D eigenvalue weighted by Gasteiger charge is 2.21. The standard InChI is InChI=1S/C17H16N4O4/c1-3-25-17(22)11(2)15-8-9-18-16-14(10-19-20(15)16)12-4-6-13(7-5-12)21(23)24/h4-11H,3H2,1-2H3. The maximum absolute atomic E-state index is 12.0. The number of esters is 1. The Hall–Kier alpha value is -3.29. The third-order valence-corrected chi connectivity index (χ3v) is 3.90. The van der Waals surface area contributed by atoms with Crippen LogP contribution in [0.5, 0.6) is 0 Å². The highest BCUT2D eigenvalue weighted by atomic mass is 16.6. The van der Waals surface area contributed by atoms with Crippen LogP contribution < -0.4 is 0 Å². The van der Waals surface area contributed by atoms with Crippen LogP contribution in [0.2, 0.25) is 0 Å². The smallest absolute Gasteiger partial charge is 0.314 e. The fourth-order valence-corrected chi connectivity index (χ4v) is 2.59. The van der Waals surface area contributed by atoms with Crippen molar-refractivity contribution in [2.75, 3.05) is 6.61 Å². The zero-order chi connectivity index (χ0) is 18.0. The third-order valence-electron chi connectivity index (χ3n) is 3.90. The molecule has 3 rings (SSSR count). The minimum absolute atomic E-state index is 0.0183. The van der Waals surface area contributed by atoms with Gasteiger partial charge < -0.3 is 4.74 Å². The summed E-state index contributed by atoms with van der Waals surface area (Å²) < 4.78 is 6.67. The lowest BCUT2D eigenvalue weighted by Crippen LogP contribution is -2.16. The minimum atomic E-state index is -0.491. The zero-order valence-electron chi connectivity index (χ0n) is 13.7. The number of benzene rings is 1. The molecule has 0 aliphatic rings. The van der Waals surface area contributed by atoms with Crippen LogP contribution >= 0.6 is 0 Å². The number of fused-ring (bicyclic) bond motifs is 1. The van der Waals surface area contributed by atoms with Crippen LogP contribution in [-0.2, 0) is 9.53 Å². The number of nitro benzene ring substituents is 1. The molecule has 0 saturated carbocycles. The van der Waals surface area contributed by atoms with Gasteiger partial charge in [0.2, 0.25) is 0 Å². The number of carbonyl (C=O) groups is 1. The lowest BCUT2D eigenvalue weighted by atomic mass is 10.1. The first-order valence-corrected chi connectivity index (χ1v) is 7.77. The van der Waals surface area contributed by atoms with Crippen molar-refractivity contribution in [2.45, 2.75) is 19.8 Å². The fourth-order valence-electron chi connectivity index (χ4n) is 2.59. The molecule has 0 bridgehead atoms. The number of non-ortho nitro benzene ring substituents is 1. The fraction of sp³-hybridized carbons (Fsp3) is 0.235. The molecule has 0 radical (unpaired) electrons. The van der Waals surface area contributed by atoms with E-state index in [-0.39, 0.29) is 11.7 Å². The monoisotopic (exact) mass is 340 g/mol. The summed E-state index contributed by atoms with van der Waals surface area (Å²) in [5.74, 6) is -0.822. The van der Waals surface area contributed by atoms with Gasteiger partial charge in [-0.15, -0.1) is 0 Å². The summed E-state index contributed by atoms with van der Waals surface area (Å²) >= 11 is 0. The molecule has 8 heteroatoms. The van der Waals surface area contributed by atoms with Crippen molar-refractivity contribution < 1.29 is 14.5 Å². The second-order valence-electron chi connectivity index (χ2n) is 5.44. The van der Waals surface area contributed by atoms with E-state index in [9.17, 15) is 14.9 Å². The summed E-state index contributed by atoms with van der Waals surface area (Å²) in [5, 5.41) is 15.1. The molecule has 3 aromatic rings. The summed E-state index contributed by atoms with van der Waals surface area (Å²) in [5.41, 5.74) is 2.74. The summed E-state index contributed by atoms with van der Waals surface area (Å²) in [4.78, 5) is 26.7. The number of hydrogen-bond donors (Lipinski definition) is 0. The Labute approximate surface area is 143 Å². The Morgan fingerprint density at radius 3 is 2.68 bits per heavy atom. The van der Waals surface area contributed by atoms with Crippen molar-refractivity contribution in [3.05, 3.63) is 58.5 Å². The van der Waals surface area contributed by atoms with E-state index >= 15 is 0 Å². The molecular weight excluding hydrogens is 324 g/mol. The van der Waals surface area contributed by atoms with Gasteiger partial charge in [-0.05, 0) is 37.6 Å². The van der Waals surface area contributed by atoms with E-state index in [0.29, 0.717) is 17.9 Å². The van der Waals surface area contributed by atoms with Crippen molar-refractivity contribution in [2.24, 2.45) is 0 Å². The predicted molar refractivity (Wildman–Crippen MR) is 90.1 cm³/mol. The van der Waals surface area contributed by atoms with Crippen molar-refractivity contribution >= 4 is 17.3 Å². The highest BCUT2D eigenvalue weighted by molar-refractivity contribution is 5.80. The molecule has 25 heavy (non-hydrogen) atoms. The summed E-state index contributed by atoms with van der Waals surface area (Å²) in [6.45, 7) is 3.82. The van der Waals surface area contributed by atoms with E-state index in [1.807, 2.05) is 0 Å². The van der Waals surface area contributed by atoms with Crippen molar-refractivity contribution in [1.29, 1.82) is 0 Å². The van der Waals surface area contributed by atoms with Gasteiger partial charge in [-0.1, -0.05) is 0 Å². The molecule has 1 atom stereocenters. The molecule has 0 spiro atoms. The van der Waals surface area contributed by atoms with Crippen LogP contribution in [0.4, 0.5) is 5.69 Å². The quantitative estimate of drug-likeness (QED) is 0.402. The predicted octanol–water partition coefficient (Wildman–Crippen LogP) is 2.97. The van der Waals surface area contributed by atoms with E-state index in [0.717, 1.165) is 11.1 Å². The molecule has 1 unspecified atom stereocenters. The van der Waals surface area contributed by atoms with Gasteiger partial charge in [-0.2, -0.15) is 5.10 Å². The van der Waals surface area contributed by atoms with E-state index in [1.54, 1.807) is 49.0 Å². The van der Waals surface area contributed by atoms with Crippen molar-refractivity contribution in [3.8, 4) is 11.1 Å². The molecule has 0 aliphatic heterocycles. The Kier molecular flexibility index (Phi) is 4.42. The molecule has 0 amide bonds. The largest absolute Gasteiger partial charge is 0.465 e. The van der Waals surface area contributed by atoms with Gasteiger partial charge in [-0.25, -0.2) is 9.50 Å². The van der Waals surface area contributed by atoms with Crippen molar-refractivity contribution in [3.63, 3.8) is 0 Å². The number of hydrogen-bond acceptors (Lipinski definition) is 6. The molecule has 8 nitrogen and oxygen atoms in total. The SMILES string of the molecule is CCOC(=O)C(C)c1ccnc2c(-c3ccc([N+](=O)[O-])cc3)cnn12. The molecular formula is C17H16N4O4. The molecule has 2 aromatic heterocycles. The van der Waals surface area contributed by atoms with Crippen LogP contribution in [0.1, 0.15) is 25.5 Å². The first-order chi connectivity index (χ1) is 12.0. The third kappa shape index (κ3) is 3.06. The molecule has 0 aliphatic carbocycles. The Bertz CT molecular complexity index is 933. The number of rotatable bonds is 5. The van der Waals surface area contributed by atoms with E-state index in [1.165, 1.54) is 12.1 Å². The maximum atomic E-state index is 12.0. The van der Waals surface area contributed by atoms with Gasteiger partial charge in [0, 0.05) is 23.9 Å². The Balaban J connectivity index is 2.04. The van der Waals surface area contributed by atoms with Crippen LogP contribution in [0.3, 0.4) is 0 Å². The lowest BCUT2D eigenvalue weighted by Gasteiger charge is -2.12. The van der Waals surface area contributed by atoms with Gasteiger partial charge in [0.05, 0.1) is 29.3 Å². The topological polar surface area (TPSA) is 99.6 Å². The molecule has 0 N–H and O–H groups in total. The molecule has 1 aromatic carbocycles. The van der Waals surface area contributed by atoms with Gasteiger partial charge in [0.25, 0.3) is 5.69 Å². The Morgan fingerprint density at radius 2 is 2.04 bits per heavy atom. The van der Waals surface area contributed by atoms with Crippen LogP contribution in [0.15, 0.2) is 42.7 Å². The van der Waals surface area contributed by atoms with Gasteiger partial charge in [-0.3, -0.25) is 14.9 Å². The number of ether oxygens (including phenoxy) is 1. The molecule has 0 fully saturated rings. The summed E-state index contributed by atoms with van der Waals surface area (Å²) in [6.07, 6.45) is 3.24. The summed E-state index contributed by atoms with van der Waals surface area (Å²) in [7, 11) is 0. The summed E-state index contributed by atoms with van der Waals surface area (Å²) in [6, 6.07) is 7.89. The number of nitrogens with zero attached hydrogens (tertiary/aromatic N) is 4. The molecule has 0 saturated heterocycles. The normalized spacial score (nSPS) is 12.1. The lowest BCUT2D eigenvalue weighted by molar-refractivity contribution is -0.384. The van der Waals surface area contributed by atoms with E-state index < -0.39 is 10.8 Å². The Morgan fingerprint density at radius 1 is 1.32 bits per heavy atom. The molecule has 2 heterocycles. The first kappa shape index (κ1) is 16.6. The van der Waals surface area contributed by atoms with Crippen LogP contribution in [0.25, 0.3) is 16.8 Å². The highest BCUT2D eigenvalue weighted by Crippen LogP contribution is 2.27. The van der Waals surface area contributed by atoms with Gasteiger partial charge >= 0.3 is 5.97 Å².